The third-order valence-corrected chi connectivity index (χ3v) is 1.25. The van der Waals surface area contributed by atoms with Crippen molar-refractivity contribution in [2.24, 2.45) is 0 Å². The molecule has 0 fully saturated rings. The molecule has 0 aromatic heterocycles. The Bertz CT molecular complexity index is 145. The first-order chi connectivity index (χ1) is 4.66. The van der Waals surface area contributed by atoms with Crippen molar-refractivity contribution in [2.75, 3.05) is 0 Å². The molecule has 0 rings (SSSR count). The first-order valence-electron chi connectivity index (χ1n) is 3.46. The van der Waals surface area contributed by atoms with Gasteiger partial charge in [0.1, 0.15) is 0 Å². The van der Waals surface area contributed by atoms with Gasteiger partial charge in [0.05, 0.1) is 0 Å². The van der Waals surface area contributed by atoms with Gasteiger partial charge < -0.3 is 0 Å². The van der Waals surface area contributed by atoms with E-state index >= 15 is 0 Å². The summed E-state index contributed by atoms with van der Waals surface area (Å²) in [4.78, 5) is 10.6. The molecule has 1 heteroatoms. The monoisotopic (exact) mass is 138 g/mol. The smallest absolute Gasteiger partial charge is 0.155 e. The van der Waals surface area contributed by atoms with E-state index in [0.29, 0.717) is 6.42 Å². The lowest BCUT2D eigenvalue weighted by molar-refractivity contribution is -0.114. The number of allylic oxidation sites excluding steroid dienone is 2. The highest BCUT2D eigenvalue weighted by Gasteiger charge is 1.94. The lowest BCUT2D eigenvalue weighted by Gasteiger charge is -1.95. The van der Waals surface area contributed by atoms with E-state index in [2.05, 4.69) is 13.2 Å². The third kappa shape index (κ3) is 5.29. The highest BCUT2D eigenvalue weighted by Crippen LogP contribution is 2.03. The van der Waals surface area contributed by atoms with Crippen LogP contribution in [0.4, 0.5) is 0 Å². The molecule has 0 amide bonds. The molecular formula is C9H14O. The van der Waals surface area contributed by atoms with E-state index < -0.39 is 0 Å². The number of ketones is 1. The molecule has 0 saturated heterocycles. The van der Waals surface area contributed by atoms with Gasteiger partial charge in [-0.25, -0.2) is 0 Å². The lowest BCUT2D eigenvalue weighted by atomic mass is 10.1. The first-order valence-corrected chi connectivity index (χ1v) is 3.46. The normalized spacial score (nSPS) is 8.90. The van der Waals surface area contributed by atoms with Crippen LogP contribution in [0.5, 0.6) is 0 Å². The van der Waals surface area contributed by atoms with Crippen LogP contribution in [0.25, 0.3) is 0 Å². The minimum Gasteiger partial charge on any atom is -0.295 e. The van der Waals surface area contributed by atoms with Gasteiger partial charge >= 0.3 is 0 Å². The van der Waals surface area contributed by atoms with Gasteiger partial charge in [0.15, 0.2) is 5.78 Å². The summed E-state index contributed by atoms with van der Waals surface area (Å²) in [6.45, 7) is 9.10. The van der Waals surface area contributed by atoms with Crippen LogP contribution in [0.2, 0.25) is 0 Å². The molecule has 0 saturated carbocycles. The van der Waals surface area contributed by atoms with Gasteiger partial charge in [-0.05, 0) is 25.8 Å². The Morgan fingerprint density at radius 3 is 2.50 bits per heavy atom. The summed E-state index contributed by atoms with van der Waals surface area (Å²) in [7, 11) is 0. The van der Waals surface area contributed by atoms with E-state index in [1.807, 2.05) is 6.92 Å². The van der Waals surface area contributed by atoms with Crippen LogP contribution in [-0.4, -0.2) is 5.78 Å². The Labute approximate surface area is 62.4 Å². The molecule has 0 aliphatic rings. The molecule has 0 heterocycles. The molecule has 0 unspecified atom stereocenters. The molecule has 0 N–H and O–H groups in total. The van der Waals surface area contributed by atoms with E-state index in [1.165, 1.54) is 6.08 Å². The van der Waals surface area contributed by atoms with Crippen LogP contribution in [0.3, 0.4) is 0 Å². The van der Waals surface area contributed by atoms with Crippen LogP contribution in [0.1, 0.15) is 26.2 Å². The van der Waals surface area contributed by atoms with E-state index in [9.17, 15) is 4.79 Å². The Morgan fingerprint density at radius 1 is 1.50 bits per heavy atom. The average molecular weight is 138 g/mol. The number of hydrogen-bond donors (Lipinski definition) is 0. The molecule has 0 aliphatic heterocycles. The van der Waals surface area contributed by atoms with Crippen LogP contribution in [-0.2, 0) is 4.79 Å². The van der Waals surface area contributed by atoms with Crippen molar-refractivity contribution in [2.45, 2.75) is 26.2 Å². The van der Waals surface area contributed by atoms with Crippen molar-refractivity contribution in [1.29, 1.82) is 0 Å². The summed E-state index contributed by atoms with van der Waals surface area (Å²) in [5, 5.41) is 0. The largest absolute Gasteiger partial charge is 0.295 e. The van der Waals surface area contributed by atoms with E-state index in [-0.39, 0.29) is 5.78 Å². The number of hydrogen-bond acceptors (Lipinski definition) is 1. The molecule has 1 nitrogen and oxygen atoms in total. The summed E-state index contributed by atoms with van der Waals surface area (Å²) < 4.78 is 0. The summed E-state index contributed by atoms with van der Waals surface area (Å²) >= 11 is 0. The summed E-state index contributed by atoms with van der Waals surface area (Å²) in [6.07, 6.45) is 3.83. The van der Waals surface area contributed by atoms with Crippen molar-refractivity contribution < 1.29 is 4.79 Å². The minimum atomic E-state index is 0.126. The first kappa shape index (κ1) is 9.15. The van der Waals surface area contributed by atoms with Crippen LogP contribution in [0.15, 0.2) is 24.8 Å². The molecular weight excluding hydrogens is 124 g/mol. The van der Waals surface area contributed by atoms with Crippen molar-refractivity contribution >= 4 is 5.78 Å². The second kappa shape index (κ2) is 4.98. The highest BCUT2D eigenvalue weighted by atomic mass is 16.1. The molecule has 56 valence electrons. The van der Waals surface area contributed by atoms with Gasteiger partial charge in [-0.3, -0.25) is 4.79 Å². The topological polar surface area (TPSA) is 17.1 Å². The summed E-state index contributed by atoms with van der Waals surface area (Å²) in [5.74, 6) is 0.126. The molecule has 0 spiro atoms. The fourth-order valence-electron chi connectivity index (χ4n) is 0.666. The number of rotatable bonds is 5. The zero-order chi connectivity index (χ0) is 7.98. The number of carbonyl (C=O) groups is 1. The van der Waals surface area contributed by atoms with Crippen LogP contribution < -0.4 is 0 Å². The van der Waals surface area contributed by atoms with Crippen molar-refractivity contribution in [3.63, 3.8) is 0 Å². The maximum absolute atomic E-state index is 10.6. The van der Waals surface area contributed by atoms with Crippen molar-refractivity contribution in [3.8, 4) is 0 Å². The molecule has 0 aliphatic carbocycles. The number of carbonyl (C=O) groups excluding carboxylic acids is 1. The van der Waals surface area contributed by atoms with Gasteiger partial charge in [-0.15, -0.1) is 6.58 Å². The van der Waals surface area contributed by atoms with Crippen LogP contribution in [0, 0.1) is 0 Å². The fraction of sp³-hybridized carbons (Fsp3) is 0.444. The summed E-state index contributed by atoms with van der Waals surface area (Å²) in [5.41, 5.74) is 1.14. The maximum atomic E-state index is 10.6. The second-order valence-corrected chi connectivity index (χ2v) is 2.48. The van der Waals surface area contributed by atoms with Crippen LogP contribution >= 0.6 is 0 Å². The minimum absolute atomic E-state index is 0.126. The van der Waals surface area contributed by atoms with Gasteiger partial charge in [-0.1, -0.05) is 12.2 Å². The van der Waals surface area contributed by atoms with Gasteiger partial charge in [0, 0.05) is 6.42 Å². The standard InChI is InChI=1S/C9H14O/c1-4-9(10)7-5-6-8(2)3/h4H,1-2,5-7H2,3H3. The summed E-state index contributed by atoms with van der Waals surface area (Å²) in [6, 6.07) is 0. The van der Waals surface area contributed by atoms with E-state index in [1.54, 1.807) is 0 Å². The van der Waals surface area contributed by atoms with Gasteiger partial charge in [0.25, 0.3) is 0 Å². The van der Waals surface area contributed by atoms with Crippen molar-refractivity contribution in [3.05, 3.63) is 24.8 Å². The zero-order valence-electron chi connectivity index (χ0n) is 6.52. The molecule has 0 aromatic rings. The Balaban J connectivity index is 3.28. The highest BCUT2D eigenvalue weighted by molar-refractivity contribution is 5.88. The van der Waals surface area contributed by atoms with E-state index in [0.717, 1.165) is 18.4 Å². The average Bonchev–Trinajstić information content (AvgIpc) is 1.87. The Kier molecular flexibility index (Phi) is 4.55. The zero-order valence-corrected chi connectivity index (χ0v) is 6.52. The predicted octanol–water partition coefficient (Wildman–Crippen LogP) is 2.49. The molecule has 0 radical (unpaired) electrons. The maximum Gasteiger partial charge on any atom is 0.155 e. The SMILES string of the molecule is C=CC(=O)CCCC(=C)C. The van der Waals surface area contributed by atoms with Gasteiger partial charge in [-0.2, -0.15) is 0 Å². The quantitative estimate of drug-likeness (QED) is 0.421. The second-order valence-electron chi connectivity index (χ2n) is 2.48. The fourth-order valence-corrected chi connectivity index (χ4v) is 0.666. The lowest BCUT2D eigenvalue weighted by Crippen LogP contribution is -1.90. The molecule has 0 bridgehead atoms. The predicted molar refractivity (Wildman–Crippen MR) is 43.9 cm³/mol. The van der Waals surface area contributed by atoms with Gasteiger partial charge in [0.2, 0.25) is 0 Å². The third-order valence-electron chi connectivity index (χ3n) is 1.25. The molecule has 0 atom stereocenters. The molecule has 0 aromatic carbocycles. The Morgan fingerprint density at radius 2 is 2.10 bits per heavy atom. The van der Waals surface area contributed by atoms with E-state index in [4.69, 9.17) is 0 Å². The van der Waals surface area contributed by atoms with Crippen molar-refractivity contribution in [1.82, 2.24) is 0 Å². The molecule has 10 heavy (non-hydrogen) atoms. The Hall–Kier alpha value is -0.850.